The number of ether oxygens (including phenoxy) is 1. The van der Waals surface area contributed by atoms with Gasteiger partial charge in [-0.05, 0) is 19.4 Å². The Bertz CT molecular complexity index is 536. The van der Waals surface area contributed by atoms with Gasteiger partial charge < -0.3 is 10.1 Å². The Morgan fingerprint density at radius 1 is 1.44 bits per heavy atom. The summed E-state index contributed by atoms with van der Waals surface area (Å²) in [6.07, 6.45) is 3.89. The topological polar surface area (TPSA) is 59.9 Å². The van der Waals surface area contributed by atoms with Crippen molar-refractivity contribution in [1.29, 1.82) is 0 Å². The molecule has 94 valence electrons. The highest BCUT2D eigenvalue weighted by molar-refractivity contribution is 7.13. The summed E-state index contributed by atoms with van der Waals surface area (Å²) in [7, 11) is 1.60. The van der Waals surface area contributed by atoms with Crippen LogP contribution >= 0.6 is 11.3 Å². The normalized spacial score (nSPS) is 19.1. The van der Waals surface area contributed by atoms with E-state index in [0.29, 0.717) is 11.9 Å². The third-order valence-corrected chi connectivity index (χ3v) is 3.89. The van der Waals surface area contributed by atoms with Crippen molar-refractivity contribution in [3.8, 4) is 16.6 Å². The number of thiazole rings is 1. The zero-order chi connectivity index (χ0) is 12.4. The van der Waals surface area contributed by atoms with Crippen molar-refractivity contribution < 1.29 is 4.74 Å². The maximum Gasteiger partial charge on any atom is 0.216 e. The Balaban J connectivity index is 1.87. The summed E-state index contributed by atoms with van der Waals surface area (Å²) < 4.78 is 5.10. The second-order valence-corrected chi connectivity index (χ2v) is 5.03. The number of nitrogens with zero attached hydrogens (tertiary/aromatic N) is 3. The van der Waals surface area contributed by atoms with E-state index in [9.17, 15) is 0 Å². The molecule has 0 bridgehead atoms. The van der Waals surface area contributed by atoms with Crippen LogP contribution in [0.5, 0.6) is 5.88 Å². The quantitative estimate of drug-likeness (QED) is 0.917. The molecule has 0 spiro atoms. The highest BCUT2D eigenvalue weighted by Gasteiger charge is 2.19. The van der Waals surface area contributed by atoms with Crippen LogP contribution in [0.2, 0.25) is 0 Å². The number of hydrogen-bond donors (Lipinski definition) is 1. The molecule has 1 N–H and O–H groups in total. The van der Waals surface area contributed by atoms with E-state index in [0.717, 1.165) is 29.4 Å². The molecule has 1 aliphatic heterocycles. The average Bonchev–Trinajstić information content (AvgIpc) is 3.09. The highest BCUT2D eigenvalue weighted by atomic mass is 32.1. The van der Waals surface area contributed by atoms with E-state index in [1.165, 1.54) is 12.7 Å². The van der Waals surface area contributed by atoms with Gasteiger partial charge in [-0.2, -0.15) is 0 Å². The molecule has 18 heavy (non-hydrogen) atoms. The van der Waals surface area contributed by atoms with Gasteiger partial charge in [-0.15, -0.1) is 11.3 Å². The molecular formula is C12H14N4OS. The minimum absolute atomic E-state index is 0.402. The van der Waals surface area contributed by atoms with Crippen LogP contribution in [0.1, 0.15) is 24.6 Å². The molecular weight excluding hydrogens is 248 g/mol. The molecule has 1 aliphatic rings. The summed E-state index contributed by atoms with van der Waals surface area (Å²) in [6.45, 7) is 1.08. The molecule has 0 aliphatic carbocycles. The van der Waals surface area contributed by atoms with E-state index < -0.39 is 0 Å². The molecule has 5 nitrogen and oxygen atoms in total. The minimum Gasteiger partial charge on any atom is -0.481 e. The van der Waals surface area contributed by atoms with Crippen molar-refractivity contribution in [2.45, 2.75) is 18.9 Å². The second kappa shape index (κ2) is 4.99. The van der Waals surface area contributed by atoms with Gasteiger partial charge in [0.1, 0.15) is 17.0 Å². The number of aromatic nitrogens is 3. The van der Waals surface area contributed by atoms with Crippen LogP contribution in [0.3, 0.4) is 0 Å². The van der Waals surface area contributed by atoms with Gasteiger partial charge in [0, 0.05) is 11.4 Å². The molecule has 0 radical (unpaired) electrons. The van der Waals surface area contributed by atoms with Crippen LogP contribution in [-0.2, 0) is 0 Å². The third-order valence-electron chi connectivity index (χ3n) is 3.01. The molecule has 1 saturated heterocycles. The number of nitrogens with one attached hydrogen (secondary N) is 1. The van der Waals surface area contributed by atoms with Gasteiger partial charge in [0.2, 0.25) is 5.88 Å². The Hall–Kier alpha value is -1.53. The van der Waals surface area contributed by atoms with Gasteiger partial charge in [-0.1, -0.05) is 0 Å². The lowest BCUT2D eigenvalue weighted by Gasteiger charge is -2.05. The average molecular weight is 262 g/mol. The first-order chi connectivity index (χ1) is 8.86. The van der Waals surface area contributed by atoms with Gasteiger partial charge >= 0.3 is 0 Å². The standard InChI is InChI=1S/C12H14N4OS/c1-17-11-5-9(14-7-15-11)12-16-10(6-18-12)8-3-2-4-13-8/h5-8,13H,2-4H2,1H3. The highest BCUT2D eigenvalue weighted by Crippen LogP contribution is 2.29. The van der Waals surface area contributed by atoms with Gasteiger partial charge in [0.15, 0.2) is 0 Å². The zero-order valence-electron chi connectivity index (χ0n) is 10.1. The number of methoxy groups -OCH3 is 1. The first-order valence-corrected chi connectivity index (χ1v) is 6.80. The van der Waals surface area contributed by atoms with Crippen molar-refractivity contribution in [3.05, 3.63) is 23.5 Å². The Morgan fingerprint density at radius 3 is 3.17 bits per heavy atom. The minimum atomic E-state index is 0.402. The molecule has 0 aromatic carbocycles. The third kappa shape index (κ3) is 2.21. The molecule has 1 unspecified atom stereocenters. The first-order valence-electron chi connectivity index (χ1n) is 5.92. The Morgan fingerprint density at radius 2 is 2.39 bits per heavy atom. The molecule has 1 fully saturated rings. The van der Waals surface area contributed by atoms with E-state index in [1.54, 1.807) is 18.4 Å². The lowest BCUT2D eigenvalue weighted by atomic mass is 10.2. The lowest BCUT2D eigenvalue weighted by molar-refractivity contribution is 0.397. The van der Waals surface area contributed by atoms with Crippen LogP contribution in [0, 0.1) is 0 Å². The molecule has 0 saturated carbocycles. The molecule has 2 aromatic rings. The van der Waals surface area contributed by atoms with Crippen LogP contribution < -0.4 is 10.1 Å². The van der Waals surface area contributed by atoms with E-state index in [4.69, 9.17) is 4.74 Å². The van der Waals surface area contributed by atoms with Crippen molar-refractivity contribution in [3.63, 3.8) is 0 Å². The summed E-state index contributed by atoms with van der Waals surface area (Å²) in [5, 5.41) is 6.47. The molecule has 3 heterocycles. The van der Waals surface area contributed by atoms with Crippen LogP contribution in [0.4, 0.5) is 0 Å². The van der Waals surface area contributed by atoms with Gasteiger partial charge in [0.25, 0.3) is 0 Å². The van der Waals surface area contributed by atoms with Crippen molar-refractivity contribution in [2.75, 3.05) is 13.7 Å². The lowest BCUT2D eigenvalue weighted by Crippen LogP contribution is -2.12. The van der Waals surface area contributed by atoms with E-state index in [-0.39, 0.29) is 0 Å². The van der Waals surface area contributed by atoms with Crippen molar-refractivity contribution in [2.24, 2.45) is 0 Å². The zero-order valence-corrected chi connectivity index (χ0v) is 10.9. The summed E-state index contributed by atoms with van der Waals surface area (Å²) in [4.78, 5) is 12.9. The summed E-state index contributed by atoms with van der Waals surface area (Å²) >= 11 is 1.61. The molecule has 0 amide bonds. The summed E-state index contributed by atoms with van der Waals surface area (Å²) in [6, 6.07) is 2.21. The fourth-order valence-corrected chi connectivity index (χ4v) is 2.91. The molecule has 6 heteroatoms. The smallest absolute Gasteiger partial charge is 0.216 e. The maximum atomic E-state index is 5.10. The van der Waals surface area contributed by atoms with Gasteiger partial charge in [-0.25, -0.2) is 15.0 Å². The van der Waals surface area contributed by atoms with Gasteiger partial charge in [0.05, 0.1) is 18.8 Å². The Labute approximate surface area is 109 Å². The van der Waals surface area contributed by atoms with Gasteiger partial charge in [-0.3, -0.25) is 0 Å². The fourth-order valence-electron chi connectivity index (χ4n) is 2.07. The molecule has 2 aromatic heterocycles. The van der Waals surface area contributed by atoms with E-state index >= 15 is 0 Å². The number of rotatable bonds is 3. The van der Waals surface area contributed by atoms with E-state index in [2.05, 4.69) is 25.6 Å². The summed E-state index contributed by atoms with van der Waals surface area (Å²) in [5.74, 6) is 0.566. The molecule has 1 atom stereocenters. The van der Waals surface area contributed by atoms with E-state index in [1.807, 2.05) is 6.07 Å². The second-order valence-electron chi connectivity index (χ2n) is 4.17. The van der Waals surface area contributed by atoms with Crippen LogP contribution in [0.25, 0.3) is 10.7 Å². The van der Waals surface area contributed by atoms with Crippen molar-refractivity contribution >= 4 is 11.3 Å². The Kier molecular flexibility index (Phi) is 3.21. The first kappa shape index (κ1) is 11.6. The summed E-state index contributed by atoms with van der Waals surface area (Å²) in [5.41, 5.74) is 1.93. The van der Waals surface area contributed by atoms with Crippen LogP contribution in [0.15, 0.2) is 17.8 Å². The predicted molar refractivity (Wildman–Crippen MR) is 69.7 cm³/mol. The SMILES string of the molecule is COc1cc(-c2nc(C3CCCN3)cs2)ncn1. The number of hydrogen-bond acceptors (Lipinski definition) is 6. The van der Waals surface area contributed by atoms with Crippen LogP contribution in [-0.4, -0.2) is 28.6 Å². The molecule has 3 rings (SSSR count). The predicted octanol–water partition coefficient (Wildman–Crippen LogP) is 2.03. The maximum absolute atomic E-state index is 5.10. The fraction of sp³-hybridized carbons (Fsp3) is 0.417. The van der Waals surface area contributed by atoms with Crippen molar-refractivity contribution in [1.82, 2.24) is 20.3 Å². The monoisotopic (exact) mass is 262 g/mol. The largest absolute Gasteiger partial charge is 0.481 e.